The van der Waals surface area contributed by atoms with Crippen molar-refractivity contribution < 1.29 is 19.0 Å². The third-order valence-corrected chi connectivity index (χ3v) is 8.31. The van der Waals surface area contributed by atoms with Crippen molar-refractivity contribution >= 4 is 35.0 Å². The molecule has 0 bridgehead atoms. The molecule has 2 aromatic carbocycles. The number of aryl methyl sites for hydroxylation is 1. The maximum atomic E-state index is 14.0. The number of allylic oxidation sites excluding steroid dienone is 1. The summed E-state index contributed by atoms with van der Waals surface area (Å²) in [4.78, 5) is 32.3. The van der Waals surface area contributed by atoms with E-state index in [1.54, 1.807) is 24.5 Å². The van der Waals surface area contributed by atoms with Crippen molar-refractivity contribution in [1.29, 1.82) is 0 Å². The minimum atomic E-state index is -0.728. The normalized spacial score (nSPS) is 16.2. The molecule has 2 aliphatic heterocycles. The minimum Gasteiger partial charge on any atom is -0.463 e. The average Bonchev–Trinajstić information content (AvgIpc) is 3.59. The highest BCUT2D eigenvalue weighted by Crippen LogP contribution is 2.38. The van der Waals surface area contributed by atoms with Gasteiger partial charge in [0.15, 0.2) is 16.3 Å². The Morgan fingerprint density at radius 3 is 2.62 bits per heavy atom. The summed E-state index contributed by atoms with van der Waals surface area (Å²) in [5.41, 5.74) is 5.21. The first kappa shape index (κ1) is 26.2. The molecule has 8 nitrogen and oxygen atoms in total. The van der Waals surface area contributed by atoms with Gasteiger partial charge in [-0.3, -0.25) is 9.36 Å². The van der Waals surface area contributed by atoms with Gasteiger partial charge in [0.05, 0.1) is 28.5 Å². The van der Waals surface area contributed by atoms with Crippen LogP contribution in [0.5, 0.6) is 11.5 Å². The van der Waals surface area contributed by atoms with Gasteiger partial charge in [0, 0.05) is 22.1 Å². The standard InChI is InChI=1S/C30H26ClN3O5S/c1-5-37-29(36)26-17(3)32-30-34(27(26)19-6-11-23-24(13-19)39-15-38-23)28(35)25(40-30)14-20-12-16(2)33(18(20)4)22-9-7-21(31)8-10-22/h6-14,27H,5,15H2,1-4H3/b25-14+/t27-/m1/s1. The minimum absolute atomic E-state index is 0.121. The third-order valence-electron chi connectivity index (χ3n) is 7.07. The summed E-state index contributed by atoms with van der Waals surface area (Å²) in [7, 11) is 0. The van der Waals surface area contributed by atoms with E-state index in [9.17, 15) is 9.59 Å². The van der Waals surface area contributed by atoms with E-state index in [-0.39, 0.29) is 19.0 Å². The van der Waals surface area contributed by atoms with Crippen LogP contribution in [0.25, 0.3) is 11.8 Å². The van der Waals surface area contributed by atoms with E-state index in [4.69, 9.17) is 25.8 Å². The van der Waals surface area contributed by atoms with Crippen molar-refractivity contribution in [1.82, 2.24) is 9.13 Å². The maximum Gasteiger partial charge on any atom is 0.338 e. The van der Waals surface area contributed by atoms with Crippen molar-refractivity contribution in [2.24, 2.45) is 4.99 Å². The first-order valence-corrected chi connectivity index (χ1v) is 14.0. The van der Waals surface area contributed by atoms with Crippen molar-refractivity contribution in [3.05, 3.63) is 107 Å². The topological polar surface area (TPSA) is 84.1 Å². The number of ether oxygens (including phenoxy) is 3. The van der Waals surface area contributed by atoms with Gasteiger partial charge in [-0.15, -0.1) is 0 Å². The number of rotatable bonds is 5. The molecule has 2 aromatic heterocycles. The number of esters is 1. The van der Waals surface area contributed by atoms with Crippen LogP contribution in [0.15, 0.2) is 69.6 Å². The lowest BCUT2D eigenvalue weighted by Crippen LogP contribution is -2.39. The molecule has 40 heavy (non-hydrogen) atoms. The van der Waals surface area contributed by atoms with Gasteiger partial charge < -0.3 is 18.8 Å². The zero-order valence-electron chi connectivity index (χ0n) is 22.4. The summed E-state index contributed by atoms with van der Waals surface area (Å²) in [5, 5.41) is 0.669. The molecule has 1 atom stereocenters. The van der Waals surface area contributed by atoms with Crippen molar-refractivity contribution in [3.63, 3.8) is 0 Å². The van der Waals surface area contributed by atoms with E-state index in [1.807, 2.05) is 62.4 Å². The van der Waals surface area contributed by atoms with E-state index < -0.39 is 12.0 Å². The molecular weight excluding hydrogens is 550 g/mol. The Hall–Kier alpha value is -4.08. The monoisotopic (exact) mass is 575 g/mol. The molecule has 2 aliphatic rings. The lowest BCUT2D eigenvalue weighted by Gasteiger charge is -2.24. The van der Waals surface area contributed by atoms with Crippen LogP contribution < -0.4 is 24.4 Å². The zero-order chi connectivity index (χ0) is 28.1. The summed E-state index contributed by atoms with van der Waals surface area (Å²) in [6, 6.07) is 14.4. The van der Waals surface area contributed by atoms with Crippen molar-refractivity contribution in [2.75, 3.05) is 13.4 Å². The first-order valence-electron chi connectivity index (χ1n) is 12.8. The third kappa shape index (κ3) is 4.35. The molecule has 0 amide bonds. The van der Waals surface area contributed by atoms with Crippen molar-refractivity contribution in [3.8, 4) is 17.2 Å². The van der Waals surface area contributed by atoms with Crippen LogP contribution in [-0.2, 0) is 9.53 Å². The molecule has 6 rings (SSSR count). The lowest BCUT2D eigenvalue weighted by molar-refractivity contribution is -0.139. The van der Waals surface area contributed by atoms with Crippen LogP contribution in [0, 0.1) is 13.8 Å². The predicted molar refractivity (Wildman–Crippen MR) is 153 cm³/mol. The van der Waals surface area contributed by atoms with E-state index in [2.05, 4.69) is 9.56 Å². The van der Waals surface area contributed by atoms with Crippen molar-refractivity contribution in [2.45, 2.75) is 33.7 Å². The average molecular weight is 576 g/mol. The Morgan fingerprint density at radius 1 is 1.12 bits per heavy atom. The molecule has 0 radical (unpaired) electrons. The number of thiazole rings is 1. The van der Waals surface area contributed by atoms with Crippen LogP contribution in [0.4, 0.5) is 0 Å². The molecule has 204 valence electrons. The number of hydrogen-bond acceptors (Lipinski definition) is 7. The molecule has 0 saturated heterocycles. The SMILES string of the molecule is CCOC(=O)C1=C(C)N=c2s/c(=C/c3cc(C)n(-c4ccc(Cl)cc4)c3C)c(=O)n2[C@@H]1c1ccc2c(c1)OCO2. The fourth-order valence-electron chi connectivity index (χ4n) is 5.25. The van der Waals surface area contributed by atoms with Crippen LogP contribution >= 0.6 is 22.9 Å². The Morgan fingerprint density at radius 2 is 1.88 bits per heavy atom. The molecule has 0 N–H and O–H groups in total. The second-order valence-corrected chi connectivity index (χ2v) is 11.0. The van der Waals surface area contributed by atoms with Crippen LogP contribution in [0.1, 0.15) is 42.4 Å². The zero-order valence-corrected chi connectivity index (χ0v) is 23.9. The van der Waals surface area contributed by atoms with Gasteiger partial charge in [-0.1, -0.05) is 29.0 Å². The second kappa shape index (κ2) is 10.1. The number of benzene rings is 2. The van der Waals surface area contributed by atoms with Crippen LogP contribution in [0.3, 0.4) is 0 Å². The summed E-state index contributed by atoms with van der Waals surface area (Å²) in [5.74, 6) is 0.671. The molecule has 0 unspecified atom stereocenters. The largest absolute Gasteiger partial charge is 0.463 e. The molecule has 10 heteroatoms. The van der Waals surface area contributed by atoms with Crippen LogP contribution in [0.2, 0.25) is 5.02 Å². The summed E-state index contributed by atoms with van der Waals surface area (Å²) < 4.78 is 20.7. The molecule has 0 spiro atoms. The molecule has 0 aliphatic carbocycles. The quantitative estimate of drug-likeness (QED) is 0.325. The van der Waals surface area contributed by atoms with Gasteiger partial charge in [0.25, 0.3) is 5.56 Å². The number of nitrogens with zero attached hydrogens (tertiary/aromatic N) is 3. The molecule has 4 aromatic rings. The van der Waals surface area contributed by atoms with E-state index in [0.717, 1.165) is 22.6 Å². The smallest absolute Gasteiger partial charge is 0.338 e. The number of carbonyl (C=O) groups is 1. The van der Waals surface area contributed by atoms with E-state index in [1.165, 1.54) is 11.3 Å². The fraction of sp³-hybridized carbons (Fsp3) is 0.233. The van der Waals surface area contributed by atoms with Gasteiger partial charge in [-0.25, -0.2) is 9.79 Å². The summed E-state index contributed by atoms with van der Waals surface area (Å²) >= 11 is 7.39. The highest BCUT2D eigenvalue weighted by atomic mass is 35.5. The number of fused-ring (bicyclic) bond motifs is 2. The number of hydrogen-bond donors (Lipinski definition) is 0. The number of carbonyl (C=O) groups excluding carboxylic acids is 1. The van der Waals surface area contributed by atoms with E-state index in [0.29, 0.717) is 42.7 Å². The summed E-state index contributed by atoms with van der Waals surface area (Å²) in [6.07, 6.45) is 1.89. The highest BCUT2D eigenvalue weighted by molar-refractivity contribution is 7.07. The number of halogens is 1. The Balaban J connectivity index is 1.52. The van der Waals surface area contributed by atoms with E-state index >= 15 is 0 Å². The Kier molecular flexibility index (Phi) is 6.64. The second-order valence-electron chi connectivity index (χ2n) is 9.55. The lowest BCUT2D eigenvalue weighted by atomic mass is 9.95. The van der Waals surface area contributed by atoms with Gasteiger partial charge >= 0.3 is 5.97 Å². The molecular formula is C30H26ClN3O5S. The Bertz CT molecular complexity index is 1880. The number of aromatic nitrogens is 2. The van der Waals surface area contributed by atoms with Gasteiger partial charge in [-0.2, -0.15) is 0 Å². The predicted octanol–water partition coefficient (Wildman–Crippen LogP) is 4.59. The van der Waals surface area contributed by atoms with Gasteiger partial charge in [0.1, 0.15) is 0 Å². The Labute approximate surface area is 239 Å². The van der Waals surface area contributed by atoms with Gasteiger partial charge in [0.2, 0.25) is 6.79 Å². The maximum absolute atomic E-state index is 14.0. The molecule has 4 heterocycles. The van der Waals surface area contributed by atoms with Crippen LogP contribution in [-0.4, -0.2) is 28.5 Å². The highest BCUT2D eigenvalue weighted by Gasteiger charge is 2.34. The first-order chi connectivity index (χ1) is 19.3. The molecule has 0 saturated carbocycles. The van der Waals surface area contributed by atoms with Gasteiger partial charge in [-0.05, 0) is 87.4 Å². The fourth-order valence-corrected chi connectivity index (χ4v) is 6.42. The molecule has 0 fully saturated rings. The summed E-state index contributed by atoms with van der Waals surface area (Å²) in [6.45, 7) is 7.88.